The zero-order valence-electron chi connectivity index (χ0n) is 22.2. The lowest BCUT2D eigenvalue weighted by atomic mass is 10.2. The number of thiazole rings is 1. The molecule has 0 saturated carbocycles. The lowest BCUT2D eigenvalue weighted by Crippen LogP contribution is -2.14. The van der Waals surface area contributed by atoms with Gasteiger partial charge < -0.3 is 10.1 Å². The summed E-state index contributed by atoms with van der Waals surface area (Å²) in [4.78, 5) is 17.7. The highest BCUT2D eigenvalue weighted by molar-refractivity contribution is 7.99. The van der Waals surface area contributed by atoms with Crippen molar-refractivity contribution in [2.45, 2.75) is 12.1 Å². The van der Waals surface area contributed by atoms with Crippen molar-refractivity contribution in [2.24, 2.45) is 0 Å². The number of aromatic nitrogens is 4. The minimum Gasteiger partial charge on any atom is -0.497 e. The number of hydrogen-bond acceptors (Lipinski definition) is 7. The third-order valence-corrected chi connectivity index (χ3v) is 8.61. The molecule has 0 unspecified atom stereocenters. The molecule has 1 N–H and O–H groups in total. The fourth-order valence-electron chi connectivity index (χ4n) is 4.29. The topological polar surface area (TPSA) is 81.9 Å². The fraction of sp³-hybridized carbons (Fsp3) is 0.0968. The number of methoxy groups -OCH3 is 1. The maximum Gasteiger partial charge on any atom is 0.234 e. The first-order valence-electron chi connectivity index (χ1n) is 12.7. The summed E-state index contributed by atoms with van der Waals surface area (Å²) in [5, 5.41) is 14.0. The number of rotatable bonds is 8. The maximum atomic E-state index is 12.9. The molecule has 204 valence electrons. The Morgan fingerprint density at radius 1 is 0.951 bits per heavy atom. The molecule has 10 heteroatoms. The molecule has 0 aliphatic carbocycles. The molecule has 6 aromatic rings. The van der Waals surface area contributed by atoms with E-state index in [1.54, 1.807) is 18.4 Å². The lowest BCUT2D eigenvalue weighted by Gasteiger charge is -2.11. The number of thioether (sulfide) groups is 1. The Kier molecular flexibility index (Phi) is 7.74. The molecule has 0 fully saturated rings. The summed E-state index contributed by atoms with van der Waals surface area (Å²) < 4.78 is 8.40. The normalized spacial score (nSPS) is 11.1. The van der Waals surface area contributed by atoms with Crippen LogP contribution in [-0.2, 0) is 4.79 Å². The summed E-state index contributed by atoms with van der Waals surface area (Å²) in [5.41, 5.74) is 5.65. The van der Waals surface area contributed by atoms with Crippen LogP contribution in [0.25, 0.3) is 37.9 Å². The molecule has 1 amide bonds. The van der Waals surface area contributed by atoms with E-state index in [9.17, 15) is 4.79 Å². The third kappa shape index (κ3) is 5.97. The molecule has 41 heavy (non-hydrogen) atoms. The van der Waals surface area contributed by atoms with Gasteiger partial charge in [-0.2, -0.15) is 0 Å². The van der Waals surface area contributed by atoms with Crippen LogP contribution in [0.2, 0.25) is 5.02 Å². The number of aryl methyl sites for hydroxylation is 1. The van der Waals surface area contributed by atoms with Crippen LogP contribution in [0.4, 0.5) is 5.69 Å². The second kappa shape index (κ2) is 11.7. The van der Waals surface area contributed by atoms with Crippen molar-refractivity contribution in [1.82, 2.24) is 19.7 Å². The van der Waals surface area contributed by atoms with Gasteiger partial charge in [-0.3, -0.25) is 9.36 Å². The van der Waals surface area contributed by atoms with Crippen LogP contribution in [0.5, 0.6) is 5.75 Å². The van der Waals surface area contributed by atoms with Gasteiger partial charge in [0, 0.05) is 27.5 Å². The van der Waals surface area contributed by atoms with Crippen LogP contribution in [0.15, 0.2) is 96.2 Å². The van der Waals surface area contributed by atoms with Gasteiger partial charge in [-0.25, -0.2) is 4.98 Å². The van der Waals surface area contributed by atoms with E-state index >= 15 is 0 Å². The van der Waals surface area contributed by atoms with Gasteiger partial charge in [-0.1, -0.05) is 29.4 Å². The van der Waals surface area contributed by atoms with E-state index in [0.717, 1.165) is 43.5 Å². The Bertz CT molecular complexity index is 1830. The molecular weight excluding hydrogens is 574 g/mol. The molecule has 7 nitrogen and oxygen atoms in total. The molecule has 0 atom stereocenters. The van der Waals surface area contributed by atoms with Gasteiger partial charge in [0.05, 0.1) is 23.1 Å². The minimum absolute atomic E-state index is 0.143. The quantitative estimate of drug-likeness (QED) is 0.180. The van der Waals surface area contributed by atoms with Crippen LogP contribution in [0.3, 0.4) is 0 Å². The van der Waals surface area contributed by atoms with Gasteiger partial charge in [0.1, 0.15) is 10.8 Å². The van der Waals surface area contributed by atoms with Crippen molar-refractivity contribution < 1.29 is 9.53 Å². The smallest absolute Gasteiger partial charge is 0.234 e. The summed E-state index contributed by atoms with van der Waals surface area (Å²) in [6.07, 6.45) is 0. The standard InChI is InChI=1S/C31H24ClN5O2S2/c1-19-3-16-26-27(17-19)41-30(34-26)21-6-10-23(11-7-21)33-28(38)18-40-31-36-35-29(20-4-8-22(32)9-5-20)37(31)24-12-14-25(39-2)15-13-24/h3-17H,18H2,1-2H3,(H,33,38). The Labute approximate surface area is 250 Å². The van der Waals surface area contributed by atoms with Gasteiger partial charge in [0.2, 0.25) is 5.91 Å². The number of carbonyl (C=O) groups is 1. The van der Waals surface area contributed by atoms with E-state index in [2.05, 4.69) is 34.6 Å². The number of fused-ring (bicyclic) bond motifs is 1. The van der Waals surface area contributed by atoms with Crippen molar-refractivity contribution >= 4 is 56.5 Å². The molecule has 6 rings (SSSR count). The van der Waals surface area contributed by atoms with Gasteiger partial charge in [-0.05, 0) is 97.4 Å². The van der Waals surface area contributed by atoms with Crippen LogP contribution >= 0.6 is 34.7 Å². The first-order chi connectivity index (χ1) is 20.0. The molecule has 0 spiro atoms. The molecule has 0 saturated heterocycles. The van der Waals surface area contributed by atoms with Crippen molar-refractivity contribution in [3.8, 4) is 33.4 Å². The molecule has 2 aromatic heterocycles. The number of nitrogens with zero attached hydrogens (tertiary/aromatic N) is 4. The molecule has 2 heterocycles. The Morgan fingerprint density at radius 3 is 2.41 bits per heavy atom. The number of halogens is 1. The van der Waals surface area contributed by atoms with Gasteiger partial charge in [0.15, 0.2) is 11.0 Å². The average Bonchev–Trinajstić information content (AvgIpc) is 3.61. The number of anilines is 1. The highest BCUT2D eigenvalue weighted by atomic mass is 35.5. The van der Waals surface area contributed by atoms with Crippen LogP contribution < -0.4 is 10.1 Å². The zero-order valence-corrected chi connectivity index (χ0v) is 24.6. The Morgan fingerprint density at radius 2 is 1.68 bits per heavy atom. The Hall–Kier alpha value is -4.18. The summed E-state index contributed by atoms with van der Waals surface area (Å²) in [7, 11) is 1.63. The van der Waals surface area contributed by atoms with E-state index in [4.69, 9.17) is 21.3 Å². The van der Waals surface area contributed by atoms with Crippen LogP contribution in [-0.4, -0.2) is 38.5 Å². The first-order valence-corrected chi connectivity index (χ1v) is 14.9. The van der Waals surface area contributed by atoms with Crippen molar-refractivity contribution in [2.75, 3.05) is 18.2 Å². The number of carbonyl (C=O) groups excluding carboxylic acids is 1. The van der Waals surface area contributed by atoms with Crippen molar-refractivity contribution in [1.29, 1.82) is 0 Å². The largest absolute Gasteiger partial charge is 0.497 e. The number of ether oxygens (including phenoxy) is 1. The number of amides is 1. The lowest BCUT2D eigenvalue weighted by molar-refractivity contribution is -0.113. The van der Waals surface area contributed by atoms with Gasteiger partial charge in [-0.15, -0.1) is 21.5 Å². The van der Waals surface area contributed by atoms with Crippen LogP contribution in [0, 0.1) is 6.92 Å². The van der Waals surface area contributed by atoms with Gasteiger partial charge >= 0.3 is 0 Å². The summed E-state index contributed by atoms with van der Waals surface area (Å²) in [6, 6.07) is 29.0. The highest BCUT2D eigenvalue weighted by Crippen LogP contribution is 2.32. The van der Waals surface area contributed by atoms with E-state index in [1.165, 1.54) is 17.3 Å². The number of nitrogens with one attached hydrogen (secondary N) is 1. The predicted molar refractivity (Wildman–Crippen MR) is 168 cm³/mol. The van der Waals surface area contributed by atoms with Crippen molar-refractivity contribution in [3.05, 3.63) is 102 Å². The molecular formula is C31H24ClN5O2S2. The summed E-state index contributed by atoms with van der Waals surface area (Å²) >= 11 is 9.07. The maximum absolute atomic E-state index is 12.9. The Balaban J connectivity index is 1.17. The fourth-order valence-corrected chi connectivity index (χ4v) is 6.24. The molecule has 4 aromatic carbocycles. The third-order valence-electron chi connectivity index (χ3n) is 6.36. The predicted octanol–water partition coefficient (Wildman–Crippen LogP) is 7.91. The van der Waals surface area contributed by atoms with Crippen LogP contribution in [0.1, 0.15) is 5.56 Å². The highest BCUT2D eigenvalue weighted by Gasteiger charge is 2.18. The zero-order chi connectivity index (χ0) is 28.3. The second-order valence-corrected chi connectivity index (χ2v) is 11.7. The average molecular weight is 598 g/mol. The first kappa shape index (κ1) is 27.0. The summed E-state index contributed by atoms with van der Waals surface area (Å²) in [5.74, 6) is 1.41. The summed E-state index contributed by atoms with van der Waals surface area (Å²) in [6.45, 7) is 2.08. The van der Waals surface area contributed by atoms with Gasteiger partial charge in [0.25, 0.3) is 0 Å². The number of benzene rings is 4. The van der Waals surface area contributed by atoms with E-state index in [1.807, 2.05) is 83.4 Å². The van der Waals surface area contributed by atoms with Crippen molar-refractivity contribution in [3.63, 3.8) is 0 Å². The van der Waals surface area contributed by atoms with E-state index in [0.29, 0.717) is 16.0 Å². The monoisotopic (exact) mass is 597 g/mol. The molecule has 0 radical (unpaired) electrons. The molecule has 0 aliphatic heterocycles. The SMILES string of the molecule is COc1ccc(-n2c(SCC(=O)Nc3ccc(-c4nc5ccc(C)cc5s4)cc3)nnc2-c2ccc(Cl)cc2)cc1. The van der Waals surface area contributed by atoms with E-state index < -0.39 is 0 Å². The minimum atomic E-state index is -0.143. The van der Waals surface area contributed by atoms with E-state index in [-0.39, 0.29) is 11.7 Å². The number of hydrogen-bond donors (Lipinski definition) is 1. The molecule has 0 aliphatic rings. The second-order valence-electron chi connectivity index (χ2n) is 9.25. The molecule has 0 bridgehead atoms.